The molecule has 1 aromatic carbocycles. The van der Waals surface area contributed by atoms with Gasteiger partial charge in [-0.2, -0.15) is 0 Å². The van der Waals surface area contributed by atoms with Gasteiger partial charge >= 0.3 is 0 Å². The summed E-state index contributed by atoms with van der Waals surface area (Å²) in [5.74, 6) is 0.116. The number of fused-ring (bicyclic) bond motifs is 1. The third-order valence-electron chi connectivity index (χ3n) is 6.75. The number of aromatic nitrogens is 3. The van der Waals surface area contributed by atoms with Crippen molar-refractivity contribution in [1.29, 1.82) is 0 Å². The fourth-order valence-corrected chi connectivity index (χ4v) is 5.09. The summed E-state index contributed by atoms with van der Waals surface area (Å²) in [5, 5.41) is 23.2. The molecule has 2 saturated heterocycles. The van der Waals surface area contributed by atoms with Gasteiger partial charge in [-0.05, 0) is 56.4 Å². The molecule has 4 heterocycles. The highest BCUT2D eigenvalue weighted by Gasteiger charge is 2.31. The van der Waals surface area contributed by atoms with Crippen LogP contribution < -0.4 is 5.32 Å². The Morgan fingerprint density at radius 1 is 1.21 bits per heavy atom. The predicted octanol–water partition coefficient (Wildman–Crippen LogP) is 4.14. The fraction of sp³-hybridized carbons (Fsp3) is 0.423. The van der Waals surface area contributed by atoms with E-state index in [4.69, 9.17) is 9.47 Å². The zero-order valence-electron chi connectivity index (χ0n) is 19.1. The lowest BCUT2D eigenvalue weighted by atomic mass is 9.88. The van der Waals surface area contributed by atoms with Crippen LogP contribution in [-0.2, 0) is 14.3 Å². The molecular formula is C26H30N4O4. The average molecular weight is 463 g/mol. The van der Waals surface area contributed by atoms with E-state index in [0.717, 1.165) is 55.4 Å². The Morgan fingerprint density at radius 3 is 2.88 bits per heavy atom. The molecule has 2 aromatic heterocycles. The molecule has 0 radical (unpaired) electrons. The highest BCUT2D eigenvalue weighted by atomic mass is 16.5. The van der Waals surface area contributed by atoms with E-state index in [2.05, 4.69) is 27.1 Å². The lowest BCUT2D eigenvalue weighted by molar-refractivity contribution is -0.117. The molecule has 2 aliphatic rings. The first-order valence-electron chi connectivity index (χ1n) is 11.9. The monoisotopic (exact) mass is 462 g/mol. The van der Waals surface area contributed by atoms with Crippen LogP contribution in [0.2, 0.25) is 0 Å². The maximum atomic E-state index is 11.9. The van der Waals surface area contributed by atoms with Gasteiger partial charge in [0.25, 0.3) is 0 Å². The van der Waals surface area contributed by atoms with Crippen molar-refractivity contribution < 1.29 is 19.4 Å². The van der Waals surface area contributed by atoms with E-state index in [0.29, 0.717) is 30.1 Å². The molecule has 5 rings (SSSR count). The topological polar surface area (TPSA) is 109 Å². The summed E-state index contributed by atoms with van der Waals surface area (Å²) >= 11 is 0. The molecule has 0 bridgehead atoms. The minimum atomic E-state index is -0.195. The molecule has 1 amide bonds. The van der Waals surface area contributed by atoms with E-state index >= 15 is 0 Å². The summed E-state index contributed by atoms with van der Waals surface area (Å²) in [6, 6.07) is 9.04. The van der Waals surface area contributed by atoms with E-state index < -0.39 is 0 Å². The summed E-state index contributed by atoms with van der Waals surface area (Å²) in [7, 11) is 0. The van der Waals surface area contributed by atoms with Gasteiger partial charge in [0.1, 0.15) is 5.75 Å². The molecule has 3 aromatic rings. The highest BCUT2D eigenvalue weighted by Crippen LogP contribution is 2.41. The van der Waals surface area contributed by atoms with Crippen LogP contribution in [0.4, 0.5) is 0 Å². The first-order valence-corrected chi connectivity index (χ1v) is 11.9. The maximum Gasteiger partial charge on any atom is 0.243 e. The number of carbonyl (C=O) groups is 1. The van der Waals surface area contributed by atoms with Gasteiger partial charge < -0.3 is 24.9 Å². The molecule has 3 atom stereocenters. The molecule has 2 aliphatic heterocycles. The van der Waals surface area contributed by atoms with Gasteiger partial charge in [0.15, 0.2) is 5.65 Å². The number of phenols is 1. The zero-order chi connectivity index (χ0) is 23.5. The van der Waals surface area contributed by atoms with Gasteiger partial charge in [0.2, 0.25) is 5.91 Å². The number of nitrogens with one attached hydrogen (secondary N) is 2. The van der Waals surface area contributed by atoms with Crippen LogP contribution in [0, 0.1) is 0 Å². The number of para-hydroxylation sites is 1. The van der Waals surface area contributed by atoms with Gasteiger partial charge in [-0.3, -0.25) is 4.79 Å². The molecular weight excluding hydrogens is 432 g/mol. The summed E-state index contributed by atoms with van der Waals surface area (Å²) in [4.78, 5) is 15.5. The Labute approximate surface area is 198 Å². The van der Waals surface area contributed by atoms with Crippen molar-refractivity contribution >= 4 is 16.9 Å². The summed E-state index contributed by atoms with van der Waals surface area (Å²) < 4.78 is 12.0. The normalized spacial score (nSPS) is 23.4. The number of amides is 1. The third kappa shape index (κ3) is 4.56. The standard InChI is InChI=1S/C26H30N4O4/c1-2-23(32)27-17-13-16(10-12-33-15-17)25-24(22-9-5-6-11-34-22)19-14-20(29-30-26(19)28-25)18-7-3-4-8-21(18)31/h2-4,7-8,14,16-17,22,31H,1,5-6,9-13,15H2,(H,27,32)(H,28,30)/t16-,17+,22?/m0/s1. The molecule has 2 fully saturated rings. The molecule has 0 saturated carbocycles. The van der Waals surface area contributed by atoms with Crippen LogP contribution in [0.3, 0.4) is 0 Å². The molecule has 0 spiro atoms. The van der Waals surface area contributed by atoms with Gasteiger partial charge in [0.05, 0.1) is 24.4 Å². The number of aromatic amines is 1. The number of aromatic hydroxyl groups is 1. The largest absolute Gasteiger partial charge is 0.507 e. The Balaban J connectivity index is 1.58. The lowest BCUT2D eigenvalue weighted by Crippen LogP contribution is -2.37. The van der Waals surface area contributed by atoms with E-state index in [1.54, 1.807) is 12.1 Å². The second kappa shape index (κ2) is 9.95. The summed E-state index contributed by atoms with van der Waals surface area (Å²) in [6.45, 7) is 5.38. The number of rotatable bonds is 5. The number of hydrogen-bond acceptors (Lipinski definition) is 6. The Kier molecular flexibility index (Phi) is 6.60. The van der Waals surface area contributed by atoms with Crippen LogP contribution in [0.5, 0.6) is 5.75 Å². The Bertz CT molecular complexity index is 1180. The van der Waals surface area contributed by atoms with Crippen molar-refractivity contribution in [2.24, 2.45) is 0 Å². The second-order valence-corrected chi connectivity index (χ2v) is 9.02. The van der Waals surface area contributed by atoms with Crippen LogP contribution in [0.1, 0.15) is 55.4 Å². The van der Waals surface area contributed by atoms with Crippen molar-refractivity contribution in [2.75, 3.05) is 19.8 Å². The predicted molar refractivity (Wildman–Crippen MR) is 128 cm³/mol. The summed E-state index contributed by atoms with van der Waals surface area (Å²) in [6.07, 6.45) is 5.93. The van der Waals surface area contributed by atoms with Gasteiger partial charge in [-0.15, -0.1) is 10.2 Å². The number of hydrogen-bond donors (Lipinski definition) is 3. The van der Waals surface area contributed by atoms with E-state index in [1.807, 2.05) is 18.2 Å². The van der Waals surface area contributed by atoms with Gasteiger partial charge in [-0.25, -0.2) is 0 Å². The van der Waals surface area contributed by atoms with Crippen LogP contribution in [-0.4, -0.2) is 52.1 Å². The highest BCUT2D eigenvalue weighted by molar-refractivity contribution is 5.87. The van der Waals surface area contributed by atoms with Gasteiger partial charge in [0, 0.05) is 41.3 Å². The molecule has 8 heteroatoms. The van der Waals surface area contributed by atoms with Crippen molar-refractivity contribution in [3.8, 4) is 17.0 Å². The first-order chi connectivity index (χ1) is 16.6. The SMILES string of the molecule is C=CC(=O)N[C@H]1COCC[C@H](c2[nH]c3nnc(-c4ccccc4O)cc3c2C2CCCCO2)C1. The van der Waals surface area contributed by atoms with Crippen molar-refractivity contribution in [3.05, 3.63) is 54.2 Å². The molecule has 0 aliphatic carbocycles. The Morgan fingerprint density at radius 2 is 2.09 bits per heavy atom. The minimum absolute atomic E-state index is 0.0377. The quantitative estimate of drug-likeness (QED) is 0.492. The van der Waals surface area contributed by atoms with Gasteiger partial charge in [-0.1, -0.05) is 18.7 Å². The van der Waals surface area contributed by atoms with E-state index in [9.17, 15) is 9.90 Å². The first kappa shape index (κ1) is 22.6. The molecule has 34 heavy (non-hydrogen) atoms. The second-order valence-electron chi connectivity index (χ2n) is 9.02. The molecule has 3 N–H and O–H groups in total. The van der Waals surface area contributed by atoms with Crippen LogP contribution >= 0.6 is 0 Å². The zero-order valence-corrected chi connectivity index (χ0v) is 19.1. The molecule has 1 unspecified atom stereocenters. The van der Waals surface area contributed by atoms with Crippen molar-refractivity contribution in [1.82, 2.24) is 20.5 Å². The lowest BCUT2D eigenvalue weighted by Gasteiger charge is -2.26. The number of carbonyl (C=O) groups excluding carboxylic acids is 1. The molecule has 178 valence electrons. The minimum Gasteiger partial charge on any atom is -0.507 e. The Hall–Kier alpha value is -3.23. The number of ether oxygens (including phenoxy) is 2. The number of phenolic OH excluding ortho intramolecular Hbond substituents is 1. The average Bonchev–Trinajstić information content (AvgIpc) is 3.09. The maximum absolute atomic E-state index is 11.9. The van der Waals surface area contributed by atoms with Crippen LogP contribution in [0.25, 0.3) is 22.3 Å². The molecule has 8 nitrogen and oxygen atoms in total. The van der Waals surface area contributed by atoms with E-state index in [-0.39, 0.29) is 29.7 Å². The smallest absolute Gasteiger partial charge is 0.243 e. The third-order valence-corrected chi connectivity index (χ3v) is 6.75. The summed E-state index contributed by atoms with van der Waals surface area (Å²) in [5.41, 5.74) is 4.16. The van der Waals surface area contributed by atoms with Crippen molar-refractivity contribution in [3.63, 3.8) is 0 Å². The number of benzene rings is 1. The number of nitrogens with zero attached hydrogens (tertiary/aromatic N) is 2. The van der Waals surface area contributed by atoms with Crippen LogP contribution in [0.15, 0.2) is 43.0 Å². The van der Waals surface area contributed by atoms with Crippen molar-refractivity contribution in [2.45, 2.75) is 50.2 Å². The van der Waals surface area contributed by atoms with E-state index in [1.165, 1.54) is 6.08 Å². The number of H-pyrrole nitrogens is 1. The fourth-order valence-electron chi connectivity index (χ4n) is 5.09.